The second-order valence-electron chi connectivity index (χ2n) is 6.42. The zero-order valence-electron chi connectivity index (χ0n) is 15.1. The average molecular weight is 368 g/mol. The first-order valence-electron chi connectivity index (χ1n) is 8.58. The van der Waals surface area contributed by atoms with E-state index in [4.69, 9.17) is 0 Å². The molecule has 0 aliphatic carbocycles. The van der Waals surface area contributed by atoms with Crippen molar-refractivity contribution < 1.29 is 14.5 Å². The zero-order chi connectivity index (χ0) is 19.6. The summed E-state index contributed by atoms with van der Waals surface area (Å²) < 4.78 is 0. The number of anilines is 3. The van der Waals surface area contributed by atoms with Crippen molar-refractivity contribution in [1.29, 1.82) is 0 Å². The number of hydrogen-bond donors (Lipinski definition) is 2. The maximum atomic E-state index is 12.4. The largest absolute Gasteiger partial charge is 0.374 e. The number of amides is 2. The molecule has 0 saturated carbocycles. The Morgan fingerprint density at radius 2 is 1.81 bits per heavy atom. The van der Waals surface area contributed by atoms with E-state index in [1.807, 2.05) is 18.2 Å². The predicted molar refractivity (Wildman–Crippen MR) is 103 cm³/mol. The van der Waals surface area contributed by atoms with Crippen LogP contribution in [0.4, 0.5) is 22.7 Å². The maximum Gasteiger partial charge on any atom is 0.269 e. The molecule has 8 nitrogen and oxygen atoms in total. The Balaban J connectivity index is 1.63. The molecule has 27 heavy (non-hydrogen) atoms. The molecule has 1 unspecified atom stereocenters. The minimum atomic E-state index is -0.511. The standard InChI is InChI=1S/C19H20N4O4/c1-12(19(25)21-15-3-6-17(7-4-15)23(26)27)20-16-5-8-18-14(11-16)9-10-22(18)13(2)24/h3-8,11-12,20H,9-10H2,1-2H3,(H,21,25). The van der Waals surface area contributed by atoms with Gasteiger partial charge in [-0.1, -0.05) is 0 Å². The van der Waals surface area contributed by atoms with Gasteiger partial charge < -0.3 is 15.5 Å². The molecule has 2 aromatic carbocycles. The quantitative estimate of drug-likeness (QED) is 0.624. The van der Waals surface area contributed by atoms with Gasteiger partial charge in [-0.2, -0.15) is 0 Å². The van der Waals surface area contributed by atoms with E-state index in [-0.39, 0.29) is 17.5 Å². The first-order chi connectivity index (χ1) is 12.8. The smallest absolute Gasteiger partial charge is 0.269 e. The number of nitro benzene ring substituents is 1. The van der Waals surface area contributed by atoms with Crippen LogP contribution in [0.25, 0.3) is 0 Å². The lowest BCUT2D eigenvalue weighted by atomic mass is 10.1. The molecular formula is C19H20N4O4. The fourth-order valence-corrected chi connectivity index (χ4v) is 3.05. The Hall–Kier alpha value is -3.42. The highest BCUT2D eigenvalue weighted by molar-refractivity contribution is 5.97. The molecule has 2 aromatic rings. The van der Waals surface area contributed by atoms with E-state index in [9.17, 15) is 19.7 Å². The van der Waals surface area contributed by atoms with Gasteiger partial charge in [0.1, 0.15) is 6.04 Å². The van der Waals surface area contributed by atoms with E-state index < -0.39 is 11.0 Å². The number of rotatable bonds is 5. The first-order valence-corrected chi connectivity index (χ1v) is 8.58. The van der Waals surface area contributed by atoms with Gasteiger partial charge >= 0.3 is 0 Å². The molecule has 1 aliphatic rings. The molecule has 2 amide bonds. The molecule has 0 radical (unpaired) electrons. The van der Waals surface area contributed by atoms with Crippen LogP contribution in [0, 0.1) is 10.1 Å². The summed E-state index contributed by atoms with van der Waals surface area (Å²) in [4.78, 5) is 35.9. The normalized spacial score (nSPS) is 13.6. The van der Waals surface area contributed by atoms with Gasteiger partial charge in [0.15, 0.2) is 0 Å². The number of nitrogens with zero attached hydrogens (tertiary/aromatic N) is 2. The lowest BCUT2D eigenvalue weighted by Gasteiger charge is -2.17. The second-order valence-corrected chi connectivity index (χ2v) is 6.42. The molecule has 0 spiro atoms. The van der Waals surface area contributed by atoms with Crippen molar-refractivity contribution in [2.24, 2.45) is 0 Å². The summed E-state index contributed by atoms with van der Waals surface area (Å²) in [7, 11) is 0. The SMILES string of the molecule is CC(=O)N1CCc2cc(NC(C)C(=O)Nc3ccc([N+](=O)[O-])cc3)ccc21. The number of non-ortho nitro benzene ring substituents is 1. The van der Waals surface area contributed by atoms with Crippen molar-refractivity contribution in [1.82, 2.24) is 0 Å². The first kappa shape index (κ1) is 18.4. The van der Waals surface area contributed by atoms with Gasteiger partial charge in [-0.3, -0.25) is 19.7 Å². The molecule has 140 valence electrons. The van der Waals surface area contributed by atoms with Gasteiger partial charge in [-0.05, 0) is 49.2 Å². The Kier molecular flexibility index (Phi) is 5.07. The number of nitrogens with one attached hydrogen (secondary N) is 2. The fourth-order valence-electron chi connectivity index (χ4n) is 3.05. The van der Waals surface area contributed by atoms with Crippen molar-refractivity contribution in [3.05, 3.63) is 58.1 Å². The van der Waals surface area contributed by atoms with Crippen LogP contribution >= 0.6 is 0 Å². The van der Waals surface area contributed by atoms with Crippen LogP contribution in [0.5, 0.6) is 0 Å². The van der Waals surface area contributed by atoms with E-state index in [0.29, 0.717) is 12.2 Å². The molecule has 0 bridgehead atoms. The lowest BCUT2D eigenvalue weighted by molar-refractivity contribution is -0.384. The summed E-state index contributed by atoms with van der Waals surface area (Å²) in [6, 6.07) is 10.8. The zero-order valence-corrected chi connectivity index (χ0v) is 15.1. The Morgan fingerprint density at radius 3 is 2.44 bits per heavy atom. The molecule has 0 fully saturated rings. The Morgan fingerprint density at radius 1 is 1.15 bits per heavy atom. The van der Waals surface area contributed by atoms with Crippen LogP contribution in [0.2, 0.25) is 0 Å². The van der Waals surface area contributed by atoms with Crippen molar-refractivity contribution >= 4 is 34.6 Å². The second kappa shape index (κ2) is 7.45. The molecule has 1 heterocycles. The summed E-state index contributed by atoms with van der Waals surface area (Å²) in [5.74, 6) is -0.236. The van der Waals surface area contributed by atoms with E-state index in [0.717, 1.165) is 23.4 Å². The van der Waals surface area contributed by atoms with Gasteiger partial charge in [0.2, 0.25) is 11.8 Å². The molecule has 3 rings (SSSR count). The number of nitro groups is 1. The van der Waals surface area contributed by atoms with Crippen LogP contribution in [0.1, 0.15) is 19.4 Å². The fraction of sp³-hybridized carbons (Fsp3) is 0.263. The number of fused-ring (bicyclic) bond motifs is 1. The average Bonchev–Trinajstić information content (AvgIpc) is 3.05. The minimum Gasteiger partial charge on any atom is -0.374 e. The summed E-state index contributed by atoms with van der Waals surface area (Å²) in [5.41, 5.74) is 3.24. The molecule has 0 saturated heterocycles. The topological polar surface area (TPSA) is 105 Å². The van der Waals surface area contributed by atoms with E-state index in [1.54, 1.807) is 18.7 Å². The number of benzene rings is 2. The van der Waals surface area contributed by atoms with Gasteiger partial charge in [-0.25, -0.2) is 0 Å². The van der Waals surface area contributed by atoms with E-state index in [1.165, 1.54) is 24.3 Å². The van der Waals surface area contributed by atoms with Crippen LogP contribution in [-0.2, 0) is 16.0 Å². The van der Waals surface area contributed by atoms with E-state index in [2.05, 4.69) is 10.6 Å². The van der Waals surface area contributed by atoms with Gasteiger partial charge in [0.25, 0.3) is 5.69 Å². The van der Waals surface area contributed by atoms with Crippen molar-refractivity contribution in [3.63, 3.8) is 0 Å². The molecule has 2 N–H and O–H groups in total. The third-order valence-electron chi connectivity index (χ3n) is 4.48. The maximum absolute atomic E-state index is 12.4. The highest BCUT2D eigenvalue weighted by Gasteiger charge is 2.22. The Labute approximate surface area is 156 Å². The van der Waals surface area contributed by atoms with Crippen LogP contribution in [0.3, 0.4) is 0 Å². The predicted octanol–water partition coefficient (Wildman–Crippen LogP) is 2.94. The third-order valence-corrected chi connectivity index (χ3v) is 4.48. The summed E-state index contributed by atoms with van der Waals surface area (Å²) in [6.45, 7) is 3.95. The van der Waals surface area contributed by atoms with Crippen LogP contribution < -0.4 is 15.5 Å². The minimum absolute atomic E-state index is 0.0188. The van der Waals surface area contributed by atoms with E-state index >= 15 is 0 Å². The van der Waals surface area contributed by atoms with Gasteiger partial charge in [-0.15, -0.1) is 0 Å². The Bertz CT molecular complexity index is 895. The highest BCUT2D eigenvalue weighted by atomic mass is 16.6. The van der Waals surface area contributed by atoms with Crippen molar-refractivity contribution in [3.8, 4) is 0 Å². The molecule has 1 atom stereocenters. The van der Waals surface area contributed by atoms with Crippen molar-refractivity contribution in [2.75, 3.05) is 22.1 Å². The summed E-state index contributed by atoms with van der Waals surface area (Å²) in [5, 5.41) is 16.5. The molecular weight excluding hydrogens is 348 g/mol. The van der Waals surface area contributed by atoms with Gasteiger partial charge in [0.05, 0.1) is 4.92 Å². The molecule has 1 aliphatic heterocycles. The number of hydrogen-bond acceptors (Lipinski definition) is 5. The number of carbonyl (C=O) groups is 2. The third kappa shape index (κ3) is 4.05. The highest BCUT2D eigenvalue weighted by Crippen LogP contribution is 2.30. The monoisotopic (exact) mass is 368 g/mol. The van der Waals surface area contributed by atoms with Crippen LogP contribution in [-0.4, -0.2) is 29.3 Å². The molecule has 8 heteroatoms. The van der Waals surface area contributed by atoms with Crippen LogP contribution in [0.15, 0.2) is 42.5 Å². The summed E-state index contributed by atoms with van der Waals surface area (Å²) >= 11 is 0. The van der Waals surface area contributed by atoms with Crippen molar-refractivity contribution in [2.45, 2.75) is 26.3 Å². The summed E-state index contributed by atoms with van der Waals surface area (Å²) in [6.07, 6.45) is 0.786. The lowest BCUT2D eigenvalue weighted by Crippen LogP contribution is -2.31. The van der Waals surface area contributed by atoms with Gasteiger partial charge in [0, 0.05) is 42.7 Å². The number of carbonyl (C=O) groups excluding carboxylic acids is 2. The molecule has 0 aromatic heterocycles.